The van der Waals surface area contributed by atoms with Crippen LogP contribution >= 0.6 is 0 Å². The van der Waals surface area contributed by atoms with Crippen molar-refractivity contribution in [1.82, 2.24) is 4.98 Å². The molecule has 12 heavy (non-hydrogen) atoms. The Morgan fingerprint density at radius 1 is 1.33 bits per heavy atom. The number of pyridine rings is 1. The molecule has 0 saturated carbocycles. The molecule has 0 bridgehead atoms. The summed E-state index contributed by atoms with van der Waals surface area (Å²) in [4.78, 5) is 4.14. The van der Waals surface area contributed by atoms with E-state index in [0.717, 1.165) is 5.69 Å². The van der Waals surface area contributed by atoms with Crippen molar-refractivity contribution < 1.29 is 5.11 Å². The van der Waals surface area contributed by atoms with E-state index in [4.69, 9.17) is 0 Å². The third-order valence-electron chi connectivity index (χ3n) is 2.31. The molecule has 0 atom stereocenters. The van der Waals surface area contributed by atoms with Gasteiger partial charge in [-0.3, -0.25) is 4.98 Å². The van der Waals surface area contributed by atoms with Crippen LogP contribution in [-0.4, -0.2) is 10.1 Å². The van der Waals surface area contributed by atoms with Gasteiger partial charge in [-0.25, -0.2) is 0 Å². The van der Waals surface area contributed by atoms with Crippen molar-refractivity contribution in [3.05, 3.63) is 30.1 Å². The Kier molecular flexibility index (Phi) is 2.82. The Morgan fingerprint density at radius 3 is 2.42 bits per heavy atom. The monoisotopic (exact) mass is 165 g/mol. The molecule has 0 aliphatic heterocycles. The van der Waals surface area contributed by atoms with Crippen molar-refractivity contribution in [2.24, 2.45) is 0 Å². The van der Waals surface area contributed by atoms with Crippen LogP contribution in [0.25, 0.3) is 0 Å². The third kappa shape index (κ3) is 1.64. The van der Waals surface area contributed by atoms with Crippen molar-refractivity contribution in [1.29, 1.82) is 0 Å². The molecule has 0 aliphatic carbocycles. The molecule has 0 aromatic carbocycles. The zero-order valence-corrected chi connectivity index (χ0v) is 7.62. The first-order valence-corrected chi connectivity index (χ1v) is 4.37. The van der Waals surface area contributed by atoms with Gasteiger partial charge in [-0.15, -0.1) is 0 Å². The van der Waals surface area contributed by atoms with Crippen LogP contribution < -0.4 is 0 Å². The summed E-state index contributed by atoms with van der Waals surface area (Å²) in [5, 5.41) is 10.0. The van der Waals surface area contributed by atoms with Gasteiger partial charge in [0, 0.05) is 6.20 Å². The summed E-state index contributed by atoms with van der Waals surface area (Å²) in [6.07, 6.45) is 3.13. The molecule has 0 spiro atoms. The molecule has 1 N–H and O–H groups in total. The third-order valence-corrected chi connectivity index (χ3v) is 2.31. The van der Waals surface area contributed by atoms with Gasteiger partial charge >= 0.3 is 0 Å². The van der Waals surface area contributed by atoms with Crippen LogP contribution in [0.5, 0.6) is 0 Å². The summed E-state index contributed by atoms with van der Waals surface area (Å²) in [5.74, 6) is 0. The minimum atomic E-state index is -0.735. The van der Waals surface area contributed by atoms with E-state index in [1.807, 2.05) is 32.0 Å². The average Bonchev–Trinajstić information content (AvgIpc) is 2.18. The van der Waals surface area contributed by atoms with E-state index in [0.29, 0.717) is 12.8 Å². The lowest BCUT2D eigenvalue weighted by Crippen LogP contribution is -2.24. The van der Waals surface area contributed by atoms with Crippen molar-refractivity contribution >= 4 is 0 Å². The molecule has 0 aliphatic rings. The predicted octanol–water partition coefficient (Wildman–Crippen LogP) is 2.09. The molecule has 0 unspecified atom stereocenters. The number of hydrogen-bond donors (Lipinski definition) is 1. The van der Waals surface area contributed by atoms with Crippen LogP contribution in [0, 0.1) is 0 Å². The molecule has 2 nitrogen and oxygen atoms in total. The summed E-state index contributed by atoms with van der Waals surface area (Å²) < 4.78 is 0. The second kappa shape index (κ2) is 3.68. The molecule has 0 radical (unpaired) electrons. The summed E-state index contributed by atoms with van der Waals surface area (Å²) in [6.45, 7) is 3.94. The lowest BCUT2D eigenvalue weighted by molar-refractivity contribution is 0.0240. The average molecular weight is 165 g/mol. The fourth-order valence-corrected chi connectivity index (χ4v) is 1.25. The van der Waals surface area contributed by atoms with Crippen molar-refractivity contribution in [2.45, 2.75) is 32.3 Å². The smallest absolute Gasteiger partial charge is 0.106 e. The van der Waals surface area contributed by atoms with E-state index in [2.05, 4.69) is 4.98 Å². The number of aromatic nitrogens is 1. The molecule has 0 amide bonds. The zero-order chi connectivity index (χ0) is 9.03. The zero-order valence-electron chi connectivity index (χ0n) is 7.62. The summed E-state index contributed by atoms with van der Waals surface area (Å²) in [6, 6.07) is 5.63. The SMILES string of the molecule is CCC(O)(CC)c1ccccn1. The lowest BCUT2D eigenvalue weighted by Gasteiger charge is -2.23. The summed E-state index contributed by atoms with van der Waals surface area (Å²) in [7, 11) is 0. The number of aliphatic hydroxyl groups is 1. The van der Waals surface area contributed by atoms with Gasteiger partial charge in [-0.2, -0.15) is 0 Å². The first-order chi connectivity index (χ1) is 5.73. The topological polar surface area (TPSA) is 33.1 Å². The van der Waals surface area contributed by atoms with Gasteiger partial charge in [0.25, 0.3) is 0 Å². The normalized spacial score (nSPS) is 11.6. The van der Waals surface area contributed by atoms with E-state index in [-0.39, 0.29) is 0 Å². The summed E-state index contributed by atoms with van der Waals surface area (Å²) in [5.41, 5.74) is 0.0383. The van der Waals surface area contributed by atoms with Gasteiger partial charge in [-0.05, 0) is 25.0 Å². The molecule has 1 aromatic rings. The van der Waals surface area contributed by atoms with E-state index in [1.165, 1.54) is 0 Å². The maximum Gasteiger partial charge on any atom is 0.106 e. The molecular weight excluding hydrogens is 150 g/mol. The Balaban J connectivity index is 2.95. The second-order valence-corrected chi connectivity index (χ2v) is 2.95. The Bertz CT molecular complexity index is 229. The first kappa shape index (κ1) is 9.20. The molecule has 1 aromatic heterocycles. The summed E-state index contributed by atoms with van der Waals surface area (Å²) >= 11 is 0. The highest BCUT2D eigenvalue weighted by Crippen LogP contribution is 2.25. The molecule has 1 heterocycles. The molecule has 0 saturated heterocycles. The van der Waals surface area contributed by atoms with Crippen LogP contribution in [0.2, 0.25) is 0 Å². The largest absolute Gasteiger partial charge is 0.384 e. The van der Waals surface area contributed by atoms with Gasteiger partial charge in [0.15, 0.2) is 0 Å². The minimum absolute atomic E-state index is 0.709. The number of nitrogens with zero attached hydrogens (tertiary/aromatic N) is 1. The highest BCUT2D eigenvalue weighted by atomic mass is 16.3. The lowest BCUT2D eigenvalue weighted by atomic mass is 9.93. The molecular formula is C10H15NO. The van der Waals surface area contributed by atoms with Crippen molar-refractivity contribution in [3.63, 3.8) is 0 Å². The van der Waals surface area contributed by atoms with Crippen molar-refractivity contribution in [2.75, 3.05) is 0 Å². The van der Waals surface area contributed by atoms with E-state index in [9.17, 15) is 5.11 Å². The van der Waals surface area contributed by atoms with E-state index < -0.39 is 5.60 Å². The van der Waals surface area contributed by atoms with Gasteiger partial charge in [-0.1, -0.05) is 19.9 Å². The van der Waals surface area contributed by atoms with Crippen LogP contribution in [0.4, 0.5) is 0 Å². The minimum Gasteiger partial charge on any atom is -0.384 e. The second-order valence-electron chi connectivity index (χ2n) is 2.95. The van der Waals surface area contributed by atoms with E-state index in [1.54, 1.807) is 6.20 Å². The van der Waals surface area contributed by atoms with Gasteiger partial charge in [0.1, 0.15) is 5.60 Å². The molecule has 1 rings (SSSR count). The maximum atomic E-state index is 10.0. The van der Waals surface area contributed by atoms with Gasteiger partial charge < -0.3 is 5.11 Å². The Labute approximate surface area is 73.3 Å². The van der Waals surface area contributed by atoms with Crippen LogP contribution in [0.3, 0.4) is 0 Å². The Morgan fingerprint density at radius 2 is 2.00 bits per heavy atom. The fourth-order valence-electron chi connectivity index (χ4n) is 1.25. The quantitative estimate of drug-likeness (QED) is 0.744. The number of rotatable bonds is 3. The van der Waals surface area contributed by atoms with Gasteiger partial charge in [0.2, 0.25) is 0 Å². The maximum absolute atomic E-state index is 10.0. The standard InChI is InChI=1S/C10H15NO/c1-3-10(12,4-2)9-7-5-6-8-11-9/h5-8,12H,3-4H2,1-2H3. The van der Waals surface area contributed by atoms with Crippen LogP contribution in [0.1, 0.15) is 32.4 Å². The highest BCUT2D eigenvalue weighted by Gasteiger charge is 2.25. The number of hydrogen-bond acceptors (Lipinski definition) is 2. The van der Waals surface area contributed by atoms with Crippen LogP contribution in [0.15, 0.2) is 24.4 Å². The molecule has 0 fully saturated rings. The van der Waals surface area contributed by atoms with Gasteiger partial charge in [0.05, 0.1) is 5.69 Å². The molecule has 2 heteroatoms. The fraction of sp³-hybridized carbons (Fsp3) is 0.500. The van der Waals surface area contributed by atoms with Crippen LogP contribution in [-0.2, 0) is 5.60 Å². The van der Waals surface area contributed by atoms with Crippen molar-refractivity contribution in [3.8, 4) is 0 Å². The Hall–Kier alpha value is -0.890. The van der Waals surface area contributed by atoms with E-state index >= 15 is 0 Å². The predicted molar refractivity (Wildman–Crippen MR) is 48.7 cm³/mol. The first-order valence-electron chi connectivity index (χ1n) is 4.37. The highest BCUT2D eigenvalue weighted by molar-refractivity contribution is 5.12. The molecule has 66 valence electrons.